The second-order valence-electron chi connectivity index (χ2n) is 8.91. The van der Waals surface area contributed by atoms with Gasteiger partial charge in [-0.3, -0.25) is 4.79 Å². The van der Waals surface area contributed by atoms with E-state index < -0.39 is 30.1 Å². The Balaban J connectivity index is 1.33. The van der Waals surface area contributed by atoms with E-state index in [1.54, 1.807) is 0 Å². The van der Waals surface area contributed by atoms with E-state index in [1.165, 1.54) is 6.92 Å². The van der Waals surface area contributed by atoms with Crippen LogP contribution >= 0.6 is 0 Å². The molecule has 2 aliphatic carbocycles. The van der Waals surface area contributed by atoms with Crippen LogP contribution in [0, 0.1) is 5.92 Å². The second-order valence-corrected chi connectivity index (χ2v) is 8.91. The summed E-state index contributed by atoms with van der Waals surface area (Å²) in [5.74, 6) is -1.72. The highest BCUT2D eigenvalue weighted by Gasteiger charge is 2.33. The van der Waals surface area contributed by atoms with Gasteiger partial charge in [-0.15, -0.1) is 0 Å². The number of ether oxygens (including phenoxy) is 1. The number of rotatable bonds is 7. The molecule has 174 valence electrons. The Morgan fingerprint density at radius 1 is 0.939 bits per heavy atom. The molecule has 0 spiro atoms. The summed E-state index contributed by atoms with van der Waals surface area (Å²) in [4.78, 5) is 36.7. The number of alkyl carbamates (subject to hydrolysis) is 1. The highest BCUT2D eigenvalue weighted by atomic mass is 16.5. The number of carbonyl (C=O) groups excluding carboxylic acids is 2. The molecule has 2 aromatic rings. The molecule has 2 unspecified atom stereocenters. The van der Waals surface area contributed by atoms with Crippen molar-refractivity contribution in [2.45, 2.75) is 57.0 Å². The molecule has 1 fully saturated rings. The van der Waals surface area contributed by atoms with Crippen molar-refractivity contribution in [1.29, 1.82) is 0 Å². The molecule has 0 saturated heterocycles. The first-order valence-electron chi connectivity index (χ1n) is 11.6. The predicted molar refractivity (Wildman–Crippen MR) is 124 cm³/mol. The Morgan fingerprint density at radius 3 is 2.09 bits per heavy atom. The lowest BCUT2D eigenvalue weighted by Gasteiger charge is -2.29. The maximum absolute atomic E-state index is 12.6. The molecule has 0 aromatic heterocycles. The molecule has 0 heterocycles. The lowest BCUT2D eigenvalue weighted by molar-refractivity contribution is -0.144. The van der Waals surface area contributed by atoms with Crippen LogP contribution in [0.25, 0.3) is 11.1 Å². The molecule has 3 N–H and O–H groups in total. The normalized spacial score (nSPS) is 17.4. The van der Waals surface area contributed by atoms with Crippen molar-refractivity contribution in [3.05, 3.63) is 59.7 Å². The standard InChI is InChI=1S/C26H30N2O5/c1-16(24(29)28-23(25(30)31)17-9-3-2-4-10-17)27-26(32)33-15-22-20-13-7-5-11-18(20)19-12-6-8-14-21(19)22/h5-8,11-14,16-17,22-23H,2-4,9-10,15H2,1H3,(H,27,32)(H,28,29)(H,30,31). The van der Waals surface area contributed by atoms with Crippen LogP contribution in [0.1, 0.15) is 56.1 Å². The fourth-order valence-corrected chi connectivity index (χ4v) is 5.01. The molecule has 0 aliphatic heterocycles. The summed E-state index contributed by atoms with van der Waals surface area (Å²) in [6, 6.07) is 14.3. The number of hydrogen-bond donors (Lipinski definition) is 3. The summed E-state index contributed by atoms with van der Waals surface area (Å²) in [5.41, 5.74) is 4.48. The first kappa shape index (κ1) is 22.8. The molecule has 2 aromatic carbocycles. The molecular weight excluding hydrogens is 420 g/mol. The Kier molecular flexibility index (Phi) is 6.96. The van der Waals surface area contributed by atoms with Gasteiger partial charge in [0.15, 0.2) is 0 Å². The lowest BCUT2D eigenvalue weighted by atomic mass is 9.84. The third kappa shape index (κ3) is 5.02. The SMILES string of the molecule is CC(NC(=O)OCC1c2ccccc2-c2ccccc21)C(=O)NC(C(=O)O)C1CCCCC1. The Labute approximate surface area is 193 Å². The molecule has 7 heteroatoms. The van der Waals surface area contributed by atoms with E-state index in [0.717, 1.165) is 54.4 Å². The average Bonchev–Trinajstić information content (AvgIpc) is 3.15. The van der Waals surface area contributed by atoms with Crippen LogP contribution < -0.4 is 10.6 Å². The molecule has 33 heavy (non-hydrogen) atoms. The molecule has 7 nitrogen and oxygen atoms in total. The maximum Gasteiger partial charge on any atom is 0.407 e. The van der Waals surface area contributed by atoms with Crippen molar-refractivity contribution < 1.29 is 24.2 Å². The topological polar surface area (TPSA) is 105 Å². The monoisotopic (exact) mass is 450 g/mol. The fourth-order valence-electron chi connectivity index (χ4n) is 5.01. The van der Waals surface area contributed by atoms with Gasteiger partial charge in [0.1, 0.15) is 18.7 Å². The van der Waals surface area contributed by atoms with Crippen molar-refractivity contribution in [3.63, 3.8) is 0 Å². The van der Waals surface area contributed by atoms with Gasteiger partial charge in [0.2, 0.25) is 5.91 Å². The largest absolute Gasteiger partial charge is 0.480 e. The zero-order valence-electron chi connectivity index (χ0n) is 18.8. The van der Waals surface area contributed by atoms with Crippen LogP contribution in [0.2, 0.25) is 0 Å². The van der Waals surface area contributed by atoms with Crippen molar-refractivity contribution >= 4 is 18.0 Å². The molecule has 0 bridgehead atoms. The van der Waals surface area contributed by atoms with Crippen LogP contribution in [-0.4, -0.2) is 41.8 Å². The van der Waals surface area contributed by atoms with Crippen molar-refractivity contribution in [1.82, 2.24) is 10.6 Å². The summed E-state index contributed by atoms with van der Waals surface area (Å²) >= 11 is 0. The zero-order chi connectivity index (χ0) is 23.4. The minimum Gasteiger partial charge on any atom is -0.480 e. The van der Waals surface area contributed by atoms with Crippen LogP contribution in [0.4, 0.5) is 4.79 Å². The highest BCUT2D eigenvalue weighted by Crippen LogP contribution is 2.44. The molecule has 1 saturated carbocycles. The van der Waals surface area contributed by atoms with Crippen LogP contribution in [0.5, 0.6) is 0 Å². The Morgan fingerprint density at radius 2 is 1.52 bits per heavy atom. The van der Waals surface area contributed by atoms with Crippen molar-refractivity contribution in [2.75, 3.05) is 6.61 Å². The van der Waals surface area contributed by atoms with Crippen LogP contribution in [-0.2, 0) is 14.3 Å². The van der Waals surface area contributed by atoms with Gasteiger partial charge in [-0.05, 0) is 47.9 Å². The molecule has 0 radical (unpaired) electrons. The molecule has 2 atom stereocenters. The first-order valence-corrected chi connectivity index (χ1v) is 11.6. The van der Waals surface area contributed by atoms with Gasteiger partial charge in [0, 0.05) is 5.92 Å². The van der Waals surface area contributed by atoms with Gasteiger partial charge in [-0.2, -0.15) is 0 Å². The van der Waals surface area contributed by atoms with E-state index in [4.69, 9.17) is 4.74 Å². The number of hydrogen-bond acceptors (Lipinski definition) is 4. The molecule has 2 aliphatic rings. The summed E-state index contributed by atoms with van der Waals surface area (Å²) in [7, 11) is 0. The number of benzene rings is 2. The van der Waals surface area contributed by atoms with Gasteiger partial charge in [0.05, 0.1) is 0 Å². The van der Waals surface area contributed by atoms with E-state index in [0.29, 0.717) is 0 Å². The number of nitrogens with one attached hydrogen (secondary N) is 2. The summed E-state index contributed by atoms with van der Waals surface area (Å²) in [6.07, 6.45) is 3.90. The summed E-state index contributed by atoms with van der Waals surface area (Å²) < 4.78 is 5.48. The van der Waals surface area contributed by atoms with Crippen molar-refractivity contribution in [3.8, 4) is 11.1 Å². The van der Waals surface area contributed by atoms with Gasteiger partial charge in [-0.1, -0.05) is 67.8 Å². The maximum atomic E-state index is 12.6. The number of carboxylic acids is 1. The number of carboxylic acid groups (broad SMARTS) is 1. The van der Waals surface area contributed by atoms with Gasteiger partial charge >= 0.3 is 12.1 Å². The van der Waals surface area contributed by atoms with Gasteiger partial charge < -0.3 is 20.5 Å². The molecule has 4 rings (SSSR count). The van der Waals surface area contributed by atoms with E-state index in [1.807, 2.05) is 36.4 Å². The number of amides is 2. The third-order valence-corrected chi connectivity index (χ3v) is 6.76. The quantitative estimate of drug-likeness (QED) is 0.590. The summed E-state index contributed by atoms with van der Waals surface area (Å²) in [6.45, 7) is 1.67. The number of aliphatic carboxylic acids is 1. The molecule has 2 amide bonds. The average molecular weight is 451 g/mol. The summed E-state index contributed by atoms with van der Waals surface area (Å²) in [5, 5.41) is 14.7. The Hall–Kier alpha value is -3.35. The van der Waals surface area contributed by atoms with E-state index in [2.05, 4.69) is 22.8 Å². The first-order chi connectivity index (χ1) is 16.0. The third-order valence-electron chi connectivity index (χ3n) is 6.76. The van der Waals surface area contributed by atoms with E-state index >= 15 is 0 Å². The number of carbonyl (C=O) groups is 3. The highest BCUT2D eigenvalue weighted by molar-refractivity contribution is 5.89. The fraction of sp³-hybridized carbons (Fsp3) is 0.423. The van der Waals surface area contributed by atoms with E-state index in [9.17, 15) is 19.5 Å². The predicted octanol–water partition coefficient (Wildman–Crippen LogP) is 4.06. The molecular formula is C26H30N2O5. The van der Waals surface area contributed by atoms with Crippen molar-refractivity contribution in [2.24, 2.45) is 5.92 Å². The smallest absolute Gasteiger partial charge is 0.407 e. The lowest BCUT2D eigenvalue weighted by Crippen LogP contribution is -2.53. The minimum atomic E-state index is -1.04. The zero-order valence-corrected chi connectivity index (χ0v) is 18.8. The second kappa shape index (κ2) is 10.1. The van der Waals surface area contributed by atoms with E-state index in [-0.39, 0.29) is 18.4 Å². The minimum absolute atomic E-state index is 0.0741. The Bertz CT molecular complexity index is 985. The van der Waals surface area contributed by atoms with Crippen LogP contribution in [0.15, 0.2) is 48.5 Å². The van der Waals surface area contributed by atoms with Gasteiger partial charge in [0.25, 0.3) is 0 Å². The van der Waals surface area contributed by atoms with Gasteiger partial charge in [-0.25, -0.2) is 9.59 Å². The number of fused-ring (bicyclic) bond motifs is 3. The van der Waals surface area contributed by atoms with Crippen LogP contribution in [0.3, 0.4) is 0 Å².